The van der Waals surface area contributed by atoms with Gasteiger partial charge >= 0.3 is 11.9 Å². The monoisotopic (exact) mass is 281 g/mol. The Hall–Kier alpha value is -2.70. The van der Waals surface area contributed by atoms with E-state index in [0.717, 1.165) is 6.08 Å². The minimum Gasteiger partial charge on any atom is -0.481 e. The third kappa shape index (κ3) is 5.30. The maximum atomic E-state index is 12.6. The highest BCUT2D eigenvalue weighted by atomic mass is 19.1. The Balaban J connectivity index is 2.63. The van der Waals surface area contributed by atoms with Crippen molar-refractivity contribution < 1.29 is 29.0 Å². The summed E-state index contributed by atoms with van der Waals surface area (Å²) in [6.07, 6.45) is 1.69. The van der Waals surface area contributed by atoms with Gasteiger partial charge < -0.3 is 15.5 Å². The Morgan fingerprint density at radius 2 is 1.80 bits per heavy atom. The molecule has 6 nitrogen and oxygen atoms in total. The quantitative estimate of drug-likeness (QED) is 0.672. The van der Waals surface area contributed by atoms with Crippen molar-refractivity contribution in [2.75, 3.05) is 0 Å². The van der Waals surface area contributed by atoms with Gasteiger partial charge in [0.1, 0.15) is 11.9 Å². The summed E-state index contributed by atoms with van der Waals surface area (Å²) < 4.78 is 12.6. The van der Waals surface area contributed by atoms with E-state index in [1.807, 2.05) is 5.32 Å². The Morgan fingerprint density at radius 3 is 2.30 bits per heavy atom. The minimum absolute atomic E-state index is 0.418. The molecule has 0 heterocycles. The summed E-state index contributed by atoms with van der Waals surface area (Å²) in [5, 5.41) is 19.3. The number of nitrogens with one attached hydrogen (secondary N) is 1. The van der Waals surface area contributed by atoms with Crippen molar-refractivity contribution in [3.05, 3.63) is 41.7 Å². The molecule has 1 rings (SSSR count). The lowest BCUT2D eigenvalue weighted by molar-refractivity contribution is -0.146. The van der Waals surface area contributed by atoms with Crippen molar-refractivity contribution in [2.24, 2.45) is 0 Å². The van der Waals surface area contributed by atoms with E-state index in [0.29, 0.717) is 5.56 Å². The van der Waals surface area contributed by atoms with Gasteiger partial charge in [0.25, 0.3) is 0 Å². The first-order chi connectivity index (χ1) is 9.38. The molecule has 7 heteroatoms. The van der Waals surface area contributed by atoms with Crippen LogP contribution < -0.4 is 5.32 Å². The lowest BCUT2D eigenvalue weighted by Gasteiger charge is -2.10. The minimum atomic E-state index is -1.50. The summed E-state index contributed by atoms with van der Waals surface area (Å²) in [7, 11) is 0. The summed E-state index contributed by atoms with van der Waals surface area (Å²) in [6, 6.07) is 3.79. The average Bonchev–Trinajstić information content (AvgIpc) is 2.36. The van der Waals surface area contributed by atoms with Crippen LogP contribution in [0.3, 0.4) is 0 Å². The fraction of sp³-hybridized carbons (Fsp3) is 0.154. The number of benzene rings is 1. The summed E-state index contributed by atoms with van der Waals surface area (Å²) >= 11 is 0. The van der Waals surface area contributed by atoms with Crippen LogP contribution in [0.1, 0.15) is 12.0 Å². The molecule has 1 amide bonds. The van der Waals surface area contributed by atoms with Gasteiger partial charge in [-0.1, -0.05) is 12.1 Å². The summed E-state index contributed by atoms with van der Waals surface area (Å²) in [6.45, 7) is 0. The molecule has 20 heavy (non-hydrogen) atoms. The molecule has 0 fully saturated rings. The molecule has 0 radical (unpaired) electrons. The molecular formula is C13H12FNO5. The van der Waals surface area contributed by atoms with Crippen molar-refractivity contribution in [3.8, 4) is 0 Å². The number of halogens is 1. The van der Waals surface area contributed by atoms with Crippen LogP contribution in [0.5, 0.6) is 0 Å². The number of hydrogen-bond acceptors (Lipinski definition) is 3. The molecule has 1 aromatic rings. The molecular weight excluding hydrogens is 269 g/mol. The van der Waals surface area contributed by atoms with Crippen LogP contribution in [-0.2, 0) is 14.4 Å². The molecule has 3 N–H and O–H groups in total. The smallest absolute Gasteiger partial charge is 0.326 e. The van der Waals surface area contributed by atoms with Crippen molar-refractivity contribution in [3.63, 3.8) is 0 Å². The van der Waals surface area contributed by atoms with Crippen LogP contribution >= 0.6 is 0 Å². The van der Waals surface area contributed by atoms with Gasteiger partial charge in [-0.05, 0) is 23.8 Å². The van der Waals surface area contributed by atoms with Crippen LogP contribution in [0.25, 0.3) is 6.08 Å². The van der Waals surface area contributed by atoms with Gasteiger partial charge in [0, 0.05) is 6.08 Å². The highest BCUT2D eigenvalue weighted by Crippen LogP contribution is 2.04. The van der Waals surface area contributed by atoms with E-state index in [4.69, 9.17) is 10.2 Å². The Kier molecular flexibility index (Phi) is 5.40. The summed E-state index contributed by atoms with van der Waals surface area (Å²) in [5.41, 5.74) is 0.548. The first-order valence-electron chi connectivity index (χ1n) is 5.57. The molecule has 1 atom stereocenters. The highest BCUT2D eigenvalue weighted by Gasteiger charge is 2.21. The first kappa shape index (κ1) is 15.4. The molecule has 106 valence electrons. The van der Waals surface area contributed by atoms with Crippen LogP contribution in [-0.4, -0.2) is 34.1 Å². The van der Waals surface area contributed by atoms with Crippen LogP contribution in [0.2, 0.25) is 0 Å². The molecule has 0 bridgehead atoms. The van der Waals surface area contributed by atoms with Gasteiger partial charge in [-0.3, -0.25) is 9.59 Å². The second-order valence-electron chi connectivity index (χ2n) is 3.88. The van der Waals surface area contributed by atoms with Crippen LogP contribution in [0, 0.1) is 5.82 Å². The summed E-state index contributed by atoms with van der Waals surface area (Å²) in [5.74, 6) is -3.93. The van der Waals surface area contributed by atoms with Crippen molar-refractivity contribution in [1.29, 1.82) is 0 Å². The molecule has 0 spiro atoms. The van der Waals surface area contributed by atoms with E-state index in [2.05, 4.69) is 0 Å². The number of carbonyl (C=O) groups excluding carboxylic acids is 1. The Morgan fingerprint density at radius 1 is 1.20 bits per heavy atom. The predicted molar refractivity (Wildman–Crippen MR) is 67.3 cm³/mol. The normalized spacial score (nSPS) is 12.1. The molecule has 0 saturated heterocycles. The van der Waals surface area contributed by atoms with E-state index in [1.54, 1.807) is 0 Å². The lowest BCUT2D eigenvalue weighted by atomic mass is 10.2. The lowest BCUT2D eigenvalue weighted by Crippen LogP contribution is -2.41. The third-order valence-corrected chi connectivity index (χ3v) is 2.29. The van der Waals surface area contributed by atoms with Gasteiger partial charge in [-0.2, -0.15) is 0 Å². The zero-order chi connectivity index (χ0) is 15.1. The third-order valence-electron chi connectivity index (χ3n) is 2.29. The zero-order valence-electron chi connectivity index (χ0n) is 10.2. The van der Waals surface area contributed by atoms with Gasteiger partial charge in [0.2, 0.25) is 5.91 Å². The molecule has 0 aromatic heterocycles. The topological polar surface area (TPSA) is 104 Å². The standard InChI is InChI=1S/C13H12FNO5/c14-9-4-1-8(2-5-9)3-6-11(16)15-10(13(19)20)7-12(17)18/h1-6,10H,7H2,(H,15,16)(H,17,18)(H,19,20)/b6-3+/t10-/m1/s1. The molecule has 0 aliphatic carbocycles. The molecule has 0 aliphatic heterocycles. The van der Waals surface area contributed by atoms with E-state index in [1.165, 1.54) is 30.3 Å². The number of carboxylic acid groups (broad SMARTS) is 2. The predicted octanol–water partition coefficient (Wildman–Crippen LogP) is 0.883. The fourth-order valence-corrected chi connectivity index (χ4v) is 1.34. The van der Waals surface area contributed by atoms with Crippen molar-refractivity contribution >= 4 is 23.9 Å². The van der Waals surface area contributed by atoms with Crippen LogP contribution in [0.15, 0.2) is 30.3 Å². The van der Waals surface area contributed by atoms with Gasteiger partial charge in [0.15, 0.2) is 0 Å². The second-order valence-corrected chi connectivity index (χ2v) is 3.88. The number of carboxylic acids is 2. The maximum Gasteiger partial charge on any atom is 0.326 e. The van der Waals surface area contributed by atoms with E-state index >= 15 is 0 Å². The van der Waals surface area contributed by atoms with Gasteiger partial charge in [0.05, 0.1) is 6.42 Å². The maximum absolute atomic E-state index is 12.6. The second kappa shape index (κ2) is 7.03. The van der Waals surface area contributed by atoms with E-state index in [9.17, 15) is 18.8 Å². The molecule has 0 unspecified atom stereocenters. The number of amides is 1. The zero-order valence-corrected chi connectivity index (χ0v) is 10.2. The van der Waals surface area contributed by atoms with Crippen LogP contribution in [0.4, 0.5) is 4.39 Å². The van der Waals surface area contributed by atoms with E-state index in [-0.39, 0.29) is 0 Å². The Labute approximate surface area is 113 Å². The molecule has 1 aromatic carbocycles. The van der Waals surface area contributed by atoms with E-state index < -0.39 is 36.1 Å². The Bertz CT molecular complexity index is 538. The number of aliphatic carboxylic acids is 2. The SMILES string of the molecule is O=C(O)C[C@@H](NC(=O)/C=C/c1ccc(F)cc1)C(=O)O. The fourth-order valence-electron chi connectivity index (χ4n) is 1.34. The van der Waals surface area contributed by atoms with Crippen molar-refractivity contribution in [2.45, 2.75) is 12.5 Å². The number of hydrogen-bond donors (Lipinski definition) is 3. The molecule has 0 aliphatic rings. The first-order valence-corrected chi connectivity index (χ1v) is 5.57. The van der Waals surface area contributed by atoms with Crippen molar-refractivity contribution in [1.82, 2.24) is 5.32 Å². The number of rotatable bonds is 6. The largest absolute Gasteiger partial charge is 0.481 e. The number of carbonyl (C=O) groups is 3. The van der Waals surface area contributed by atoms with Gasteiger partial charge in [-0.15, -0.1) is 0 Å². The summed E-state index contributed by atoms with van der Waals surface area (Å²) in [4.78, 5) is 32.6. The average molecular weight is 281 g/mol. The van der Waals surface area contributed by atoms with Gasteiger partial charge in [-0.25, -0.2) is 9.18 Å². The highest BCUT2D eigenvalue weighted by molar-refractivity contribution is 5.95. The molecule has 0 saturated carbocycles.